The maximum absolute atomic E-state index is 14.6. The fraction of sp³-hybridized carbons (Fsp3) is 0.257. The van der Waals surface area contributed by atoms with Gasteiger partial charge in [-0.05, 0) is 73.4 Å². The highest BCUT2D eigenvalue weighted by molar-refractivity contribution is 7.92. The van der Waals surface area contributed by atoms with Gasteiger partial charge in [0.25, 0.3) is 10.0 Å². The molecule has 0 radical (unpaired) electrons. The van der Waals surface area contributed by atoms with Crippen molar-refractivity contribution in [2.45, 2.75) is 57.1 Å². The van der Waals surface area contributed by atoms with Crippen LogP contribution in [0.25, 0.3) is 0 Å². The quantitative estimate of drug-likeness (QED) is 0.155. The zero-order valence-corrected chi connectivity index (χ0v) is 28.9. The van der Waals surface area contributed by atoms with Crippen LogP contribution in [0.4, 0.5) is 5.69 Å². The van der Waals surface area contributed by atoms with Crippen LogP contribution in [0.2, 0.25) is 15.1 Å². The van der Waals surface area contributed by atoms with Gasteiger partial charge in [-0.1, -0.05) is 102 Å². The molecule has 11 heteroatoms. The number of nitrogens with zero attached hydrogens (tertiary/aromatic N) is 2. The Morgan fingerprint density at radius 3 is 2.09 bits per heavy atom. The minimum absolute atomic E-state index is 0.00792. The highest BCUT2D eigenvalue weighted by Crippen LogP contribution is 2.32. The number of carbonyl (C=O) groups excluding carboxylic acids is 2. The molecule has 242 valence electrons. The first kappa shape index (κ1) is 35.3. The van der Waals surface area contributed by atoms with Crippen molar-refractivity contribution >= 4 is 62.3 Å². The van der Waals surface area contributed by atoms with Crippen LogP contribution in [0.5, 0.6) is 0 Å². The van der Waals surface area contributed by atoms with Gasteiger partial charge in [0.2, 0.25) is 11.8 Å². The van der Waals surface area contributed by atoms with E-state index in [1.165, 1.54) is 17.0 Å². The van der Waals surface area contributed by atoms with Crippen LogP contribution in [-0.4, -0.2) is 43.8 Å². The van der Waals surface area contributed by atoms with E-state index in [0.29, 0.717) is 27.6 Å². The number of hydrogen-bond acceptors (Lipinski definition) is 4. The maximum atomic E-state index is 14.6. The minimum atomic E-state index is -4.25. The molecule has 0 spiro atoms. The standard InChI is InChI=1S/C35H36Cl3N3O4S/c1-4-24(2)39-35(43)33(21-26-12-7-5-8-13-26)40(22-27-18-19-30(37)31(38)20-27)34(42)23-41(32-17-11-16-29(36)25(32)3)46(44,45)28-14-9-6-10-15-28/h5-20,24,33H,4,21-23H2,1-3H3,(H,39,43)/t24-,33-/m0/s1. The van der Waals surface area contributed by atoms with Crippen LogP contribution in [-0.2, 0) is 32.6 Å². The number of amides is 2. The number of anilines is 1. The van der Waals surface area contributed by atoms with E-state index in [1.807, 2.05) is 44.2 Å². The number of nitrogens with one attached hydrogen (secondary N) is 1. The van der Waals surface area contributed by atoms with Crippen molar-refractivity contribution in [2.24, 2.45) is 0 Å². The SMILES string of the molecule is CC[C@H](C)NC(=O)[C@H](Cc1ccccc1)N(Cc1ccc(Cl)c(Cl)c1)C(=O)CN(c1cccc(Cl)c1C)S(=O)(=O)c1ccccc1. The van der Waals surface area contributed by atoms with Gasteiger partial charge in [-0.3, -0.25) is 13.9 Å². The van der Waals surface area contributed by atoms with Gasteiger partial charge >= 0.3 is 0 Å². The Morgan fingerprint density at radius 1 is 0.804 bits per heavy atom. The summed E-state index contributed by atoms with van der Waals surface area (Å²) < 4.78 is 29.4. The average Bonchev–Trinajstić information content (AvgIpc) is 3.05. The highest BCUT2D eigenvalue weighted by Gasteiger charge is 2.35. The molecule has 0 saturated heterocycles. The molecule has 0 unspecified atom stereocenters. The van der Waals surface area contributed by atoms with Crippen LogP contribution in [0, 0.1) is 6.92 Å². The summed E-state index contributed by atoms with van der Waals surface area (Å²) in [6.45, 7) is 4.91. The average molecular weight is 701 g/mol. The summed E-state index contributed by atoms with van der Waals surface area (Å²) in [5.74, 6) is -0.951. The van der Waals surface area contributed by atoms with Crippen molar-refractivity contribution in [3.8, 4) is 0 Å². The molecule has 1 N–H and O–H groups in total. The van der Waals surface area contributed by atoms with Gasteiger partial charge in [-0.2, -0.15) is 0 Å². The van der Waals surface area contributed by atoms with Gasteiger partial charge in [0.05, 0.1) is 20.6 Å². The van der Waals surface area contributed by atoms with Crippen LogP contribution in [0.3, 0.4) is 0 Å². The zero-order chi connectivity index (χ0) is 33.4. The lowest BCUT2D eigenvalue weighted by Crippen LogP contribution is -2.54. The summed E-state index contributed by atoms with van der Waals surface area (Å²) in [4.78, 5) is 30.0. The second kappa shape index (κ2) is 15.8. The summed E-state index contributed by atoms with van der Waals surface area (Å²) in [7, 11) is -4.25. The summed E-state index contributed by atoms with van der Waals surface area (Å²) in [5, 5.41) is 4.00. The van der Waals surface area contributed by atoms with Crippen LogP contribution in [0.15, 0.2) is 102 Å². The topological polar surface area (TPSA) is 86.8 Å². The lowest BCUT2D eigenvalue weighted by Gasteiger charge is -2.34. The van der Waals surface area contributed by atoms with Gasteiger partial charge in [0.1, 0.15) is 12.6 Å². The van der Waals surface area contributed by atoms with Gasteiger partial charge in [0.15, 0.2) is 0 Å². The number of rotatable bonds is 13. The fourth-order valence-electron chi connectivity index (χ4n) is 4.93. The number of hydrogen-bond donors (Lipinski definition) is 1. The lowest BCUT2D eigenvalue weighted by molar-refractivity contribution is -0.140. The number of carbonyl (C=O) groups is 2. The van der Waals surface area contributed by atoms with Crippen molar-refractivity contribution in [1.29, 1.82) is 0 Å². The molecular weight excluding hydrogens is 665 g/mol. The summed E-state index contributed by atoms with van der Waals surface area (Å²) >= 11 is 19.0. The van der Waals surface area contributed by atoms with E-state index in [2.05, 4.69) is 5.32 Å². The molecule has 2 amide bonds. The molecule has 0 heterocycles. The van der Waals surface area contributed by atoms with Crippen molar-refractivity contribution in [3.63, 3.8) is 0 Å². The van der Waals surface area contributed by atoms with Gasteiger partial charge in [0, 0.05) is 24.0 Å². The molecule has 4 aromatic carbocycles. The monoisotopic (exact) mass is 699 g/mol. The zero-order valence-electron chi connectivity index (χ0n) is 25.8. The normalized spacial score (nSPS) is 12.7. The minimum Gasteiger partial charge on any atom is -0.352 e. The first-order valence-corrected chi connectivity index (χ1v) is 17.4. The molecule has 7 nitrogen and oxygen atoms in total. The molecule has 0 aliphatic heterocycles. The second-order valence-corrected chi connectivity index (χ2v) is 14.1. The van der Waals surface area contributed by atoms with E-state index >= 15 is 0 Å². The van der Waals surface area contributed by atoms with Crippen molar-refractivity contribution < 1.29 is 18.0 Å². The van der Waals surface area contributed by atoms with Crippen molar-refractivity contribution in [3.05, 3.63) is 129 Å². The van der Waals surface area contributed by atoms with E-state index in [9.17, 15) is 18.0 Å². The Morgan fingerprint density at radius 2 is 1.46 bits per heavy atom. The molecule has 0 aliphatic rings. The summed E-state index contributed by atoms with van der Waals surface area (Å²) in [6.07, 6.45) is 0.874. The number of benzene rings is 4. The molecule has 4 rings (SSSR count). The Bertz CT molecular complexity index is 1770. The Hall–Kier alpha value is -3.56. The first-order chi connectivity index (χ1) is 21.9. The van der Waals surface area contributed by atoms with Gasteiger partial charge in [-0.15, -0.1) is 0 Å². The van der Waals surface area contributed by atoms with Gasteiger partial charge < -0.3 is 10.2 Å². The molecule has 0 aromatic heterocycles. The predicted molar refractivity (Wildman–Crippen MR) is 186 cm³/mol. The predicted octanol–water partition coefficient (Wildman–Crippen LogP) is 7.71. The van der Waals surface area contributed by atoms with Crippen molar-refractivity contribution in [2.75, 3.05) is 10.8 Å². The van der Waals surface area contributed by atoms with Crippen LogP contribution < -0.4 is 9.62 Å². The Balaban J connectivity index is 1.85. The highest BCUT2D eigenvalue weighted by atomic mass is 35.5. The molecule has 46 heavy (non-hydrogen) atoms. The molecule has 2 atom stereocenters. The van der Waals surface area contributed by atoms with Gasteiger partial charge in [-0.25, -0.2) is 8.42 Å². The molecule has 0 fully saturated rings. The maximum Gasteiger partial charge on any atom is 0.264 e. The van der Waals surface area contributed by atoms with E-state index in [-0.39, 0.29) is 40.5 Å². The third kappa shape index (κ3) is 8.62. The summed E-state index contributed by atoms with van der Waals surface area (Å²) in [5.41, 5.74) is 2.19. The first-order valence-electron chi connectivity index (χ1n) is 14.8. The van der Waals surface area contributed by atoms with E-state index in [4.69, 9.17) is 34.8 Å². The molecular formula is C35H36Cl3N3O4S. The lowest BCUT2D eigenvalue weighted by atomic mass is 10.0. The van der Waals surface area contributed by atoms with E-state index in [1.54, 1.807) is 61.5 Å². The Labute approximate surface area is 286 Å². The molecule has 0 bridgehead atoms. The Kier molecular flexibility index (Phi) is 12.1. The number of sulfonamides is 1. The summed E-state index contributed by atoms with van der Waals surface area (Å²) in [6, 6.07) is 26.0. The van der Waals surface area contributed by atoms with Crippen LogP contribution >= 0.6 is 34.8 Å². The smallest absolute Gasteiger partial charge is 0.264 e. The third-order valence-corrected chi connectivity index (χ3v) is 10.6. The molecule has 0 aliphatic carbocycles. The fourth-order valence-corrected chi connectivity index (χ4v) is 6.91. The van der Waals surface area contributed by atoms with Crippen molar-refractivity contribution in [1.82, 2.24) is 10.2 Å². The molecule has 4 aromatic rings. The van der Waals surface area contributed by atoms with E-state index in [0.717, 1.165) is 9.87 Å². The third-order valence-electron chi connectivity index (χ3n) is 7.73. The molecule has 0 saturated carbocycles. The number of halogens is 3. The van der Waals surface area contributed by atoms with E-state index < -0.39 is 28.5 Å². The second-order valence-electron chi connectivity index (χ2n) is 11.0. The van der Waals surface area contributed by atoms with Crippen LogP contribution in [0.1, 0.15) is 37.0 Å². The largest absolute Gasteiger partial charge is 0.352 e.